The standard InChI is InChI=1S/C15H17ClN2OS/c1-11(18(2)10-14-4-3-9-20-14)15(19)17-13-7-5-12(16)6-8-13/h3-9,11H,10H2,1-2H3,(H,17,19)/p+1/t11-/m0/s1. The molecule has 0 bridgehead atoms. The van der Waals surface area contributed by atoms with Gasteiger partial charge in [-0.05, 0) is 42.6 Å². The third-order valence-corrected chi connectivity index (χ3v) is 4.41. The summed E-state index contributed by atoms with van der Waals surface area (Å²) in [6.07, 6.45) is 0. The molecule has 1 aromatic carbocycles. The Labute approximate surface area is 128 Å². The van der Waals surface area contributed by atoms with Gasteiger partial charge in [0.2, 0.25) is 0 Å². The van der Waals surface area contributed by atoms with Gasteiger partial charge in [-0.15, -0.1) is 11.3 Å². The van der Waals surface area contributed by atoms with E-state index in [9.17, 15) is 4.79 Å². The van der Waals surface area contributed by atoms with Crippen LogP contribution in [0.2, 0.25) is 5.02 Å². The normalized spacial score (nSPS) is 13.8. The van der Waals surface area contributed by atoms with Gasteiger partial charge in [0.1, 0.15) is 6.54 Å². The maximum atomic E-state index is 12.2. The highest BCUT2D eigenvalue weighted by atomic mass is 35.5. The number of benzene rings is 1. The minimum absolute atomic E-state index is 0.0152. The molecule has 1 unspecified atom stereocenters. The molecule has 1 aromatic heterocycles. The Bertz CT molecular complexity index is 554. The Balaban J connectivity index is 1.92. The number of hydrogen-bond donors (Lipinski definition) is 2. The molecule has 0 radical (unpaired) electrons. The van der Waals surface area contributed by atoms with Gasteiger partial charge in [0.05, 0.1) is 11.9 Å². The fourth-order valence-electron chi connectivity index (χ4n) is 1.85. The van der Waals surface area contributed by atoms with Crippen molar-refractivity contribution in [2.24, 2.45) is 0 Å². The maximum absolute atomic E-state index is 12.2. The van der Waals surface area contributed by atoms with Crippen molar-refractivity contribution in [3.63, 3.8) is 0 Å². The number of likely N-dealkylation sites (N-methyl/N-ethyl adjacent to an activating group) is 1. The van der Waals surface area contributed by atoms with Gasteiger partial charge in [-0.25, -0.2) is 0 Å². The second-order valence-electron chi connectivity index (χ2n) is 4.82. The maximum Gasteiger partial charge on any atom is 0.282 e. The molecule has 2 rings (SSSR count). The minimum Gasteiger partial charge on any atom is -0.323 e. The van der Waals surface area contributed by atoms with Crippen LogP contribution in [0.15, 0.2) is 41.8 Å². The second kappa shape index (κ2) is 6.88. The number of hydrogen-bond acceptors (Lipinski definition) is 2. The lowest BCUT2D eigenvalue weighted by atomic mass is 10.2. The lowest BCUT2D eigenvalue weighted by molar-refractivity contribution is -0.907. The van der Waals surface area contributed by atoms with E-state index in [0.717, 1.165) is 12.2 Å². The van der Waals surface area contributed by atoms with Crippen LogP contribution in [0.25, 0.3) is 0 Å². The Hall–Kier alpha value is -1.36. The molecule has 2 N–H and O–H groups in total. The van der Waals surface area contributed by atoms with Crippen molar-refractivity contribution in [2.45, 2.75) is 19.5 Å². The number of carbonyl (C=O) groups excluding carboxylic acids is 1. The summed E-state index contributed by atoms with van der Waals surface area (Å²) in [5, 5.41) is 5.63. The van der Waals surface area contributed by atoms with Crippen molar-refractivity contribution in [3.8, 4) is 0 Å². The average Bonchev–Trinajstić information content (AvgIpc) is 2.93. The summed E-state index contributed by atoms with van der Waals surface area (Å²) in [7, 11) is 2.03. The summed E-state index contributed by atoms with van der Waals surface area (Å²) in [6, 6.07) is 11.2. The molecule has 1 amide bonds. The fraction of sp³-hybridized carbons (Fsp3) is 0.267. The van der Waals surface area contributed by atoms with Gasteiger partial charge < -0.3 is 10.2 Å². The monoisotopic (exact) mass is 309 g/mol. The topological polar surface area (TPSA) is 33.5 Å². The third-order valence-electron chi connectivity index (χ3n) is 3.28. The van der Waals surface area contributed by atoms with E-state index in [4.69, 9.17) is 11.6 Å². The average molecular weight is 310 g/mol. The summed E-state index contributed by atoms with van der Waals surface area (Å²) >= 11 is 7.54. The molecule has 2 aromatic rings. The van der Waals surface area contributed by atoms with Crippen LogP contribution in [-0.4, -0.2) is 19.0 Å². The van der Waals surface area contributed by atoms with Crippen LogP contribution in [0.5, 0.6) is 0 Å². The number of thiophene rings is 1. The van der Waals surface area contributed by atoms with Gasteiger partial charge in [0, 0.05) is 10.7 Å². The highest BCUT2D eigenvalue weighted by Gasteiger charge is 2.22. The Morgan fingerprint density at radius 3 is 2.65 bits per heavy atom. The zero-order valence-corrected chi connectivity index (χ0v) is 13.1. The number of nitrogens with one attached hydrogen (secondary N) is 2. The van der Waals surface area contributed by atoms with Crippen molar-refractivity contribution >= 4 is 34.5 Å². The molecule has 0 saturated heterocycles. The SMILES string of the molecule is C[C@@H](C(=O)Nc1ccc(Cl)cc1)[NH+](C)Cc1cccs1. The zero-order chi connectivity index (χ0) is 14.5. The number of rotatable bonds is 5. The van der Waals surface area contributed by atoms with E-state index in [1.807, 2.05) is 32.2 Å². The summed E-state index contributed by atoms with van der Waals surface area (Å²) in [5.74, 6) is 0.0152. The van der Waals surface area contributed by atoms with Gasteiger partial charge in [0.15, 0.2) is 6.04 Å². The molecule has 0 saturated carbocycles. The van der Waals surface area contributed by atoms with Crippen LogP contribution in [0, 0.1) is 0 Å². The molecular weight excluding hydrogens is 292 g/mol. The molecule has 0 aliphatic rings. The molecule has 1 heterocycles. The minimum atomic E-state index is -0.118. The first-order chi connectivity index (χ1) is 9.56. The summed E-state index contributed by atoms with van der Waals surface area (Å²) in [4.78, 5) is 14.7. The van der Waals surface area contributed by atoms with E-state index in [0.29, 0.717) is 5.02 Å². The van der Waals surface area contributed by atoms with E-state index in [2.05, 4.69) is 16.8 Å². The van der Waals surface area contributed by atoms with Crippen LogP contribution in [-0.2, 0) is 11.3 Å². The predicted octanol–water partition coefficient (Wildman–Crippen LogP) is 2.44. The summed E-state index contributed by atoms with van der Waals surface area (Å²) in [5.41, 5.74) is 0.773. The molecule has 20 heavy (non-hydrogen) atoms. The molecule has 0 aliphatic carbocycles. The van der Waals surface area contributed by atoms with Crippen molar-refractivity contribution in [2.75, 3.05) is 12.4 Å². The van der Waals surface area contributed by atoms with Gasteiger partial charge in [0.25, 0.3) is 5.91 Å². The van der Waals surface area contributed by atoms with Crippen molar-refractivity contribution in [1.29, 1.82) is 0 Å². The third kappa shape index (κ3) is 4.07. The van der Waals surface area contributed by atoms with Gasteiger partial charge in [-0.3, -0.25) is 4.79 Å². The van der Waals surface area contributed by atoms with Crippen LogP contribution in [0.1, 0.15) is 11.8 Å². The van der Waals surface area contributed by atoms with E-state index in [-0.39, 0.29) is 11.9 Å². The number of halogens is 1. The first kappa shape index (κ1) is 15.0. The molecule has 0 fully saturated rings. The molecule has 106 valence electrons. The number of anilines is 1. The number of quaternary nitrogens is 1. The quantitative estimate of drug-likeness (QED) is 0.874. The van der Waals surface area contributed by atoms with E-state index < -0.39 is 0 Å². The molecule has 5 heteroatoms. The van der Waals surface area contributed by atoms with Crippen molar-refractivity contribution in [1.82, 2.24) is 0 Å². The van der Waals surface area contributed by atoms with Crippen LogP contribution >= 0.6 is 22.9 Å². The Kier molecular flexibility index (Phi) is 5.17. The lowest BCUT2D eigenvalue weighted by Crippen LogP contribution is -3.12. The van der Waals surface area contributed by atoms with E-state index in [1.165, 1.54) is 9.78 Å². The van der Waals surface area contributed by atoms with Crippen LogP contribution in [0.3, 0.4) is 0 Å². The van der Waals surface area contributed by atoms with Gasteiger partial charge >= 0.3 is 0 Å². The molecule has 2 atom stereocenters. The van der Waals surface area contributed by atoms with Crippen LogP contribution < -0.4 is 10.2 Å². The highest BCUT2D eigenvalue weighted by Crippen LogP contribution is 2.13. The molecule has 0 aliphatic heterocycles. The first-order valence-corrected chi connectivity index (χ1v) is 7.73. The predicted molar refractivity (Wildman–Crippen MR) is 84.5 cm³/mol. The number of amides is 1. The van der Waals surface area contributed by atoms with E-state index >= 15 is 0 Å². The molecule has 0 spiro atoms. The van der Waals surface area contributed by atoms with E-state index in [1.54, 1.807) is 23.5 Å². The van der Waals surface area contributed by atoms with Crippen molar-refractivity contribution in [3.05, 3.63) is 51.7 Å². The molecule has 3 nitrogen and oxygen atoms in total. The first-order valence-electron chi connectivity index (χ1n) is 6.47. The summed E-state index contributed by atoms with van der Waals surface area (Å²) < 4.78 is 0. The second-order valence-corrected chi connectivity index (χ2v) is 6.29. The van der Waals surface area contributed by atoms with Gasteiger partial charge in [-0.1, -0.05) is 17.7 Å². The Morgan fingerprint density at radius 2 is 2.05 bits per heavy atom. The fourth-order valence-corrected chi connectivity index (χ4v) is 2.77. The van der Waals surface area contributed by atoms with Crippen LogP contribution in [0.4, 0.5) is 5.69 Å². The van der Waals surface area contributed by atoms with Crippen molar-refractivity contribution < 1.29 is 9.69 Å². The number of carbonyl (C=O) groups is 1. The zero-order valence-electron chi connectivity index (χ0n) is 11.5. The molecular formula is C15H18ClN2OS+. The Morgan fingerprint density at radius 1 is 1.35 bits per heavy atom. The smallest absolute Gasteiger partial charge is 0.282 e. The van der Waals surface area contributed by atoms with Gasteiger partial charge in [-0.2, -0.15) is 0 Å². The summed E-state index contributed by atoms with van der Waals surface area (Å²) in [6.45, 7) is 2.79. The lowest BCUT2D eigenvalue weighted by Gasteiger charge is -2.20. The highest BCUT2D eigenvalue weighted by molar-refractivity contribution is 7.09. The largest absolute Gasteiger partial charge is 0.323 e.